The molecule has 0 N–H and O–H groups in total. The van der Waals surface area contributed by atoms with Crippen molar-refractivity contribution < 1.29 is 0 Å². The highest BCUT2D eigenvalue weighted by Crippen LogP contribution is 2.20. The van der Waals surface area contributed by atoms with Crippen molar-refractivity contribution in [3.8, 4) is 0 Å². The fourth-order valence-electron chi connectivity index (χ4n) is 2.11. The van der Waals surface area contributed by atoms with Gasteiger partial charge >= 0.3 is 0 Å². The fraction of sp³-hybridized carbons (Fsp3) is 0.750. The summed E-state index contributed by atoms with van der Waals surface area (Å²) >= 11 is 0. The maximum Gasteiger partial charge on any atom is 0.0418 e. The van der Waals surface area contributed by atoms with Crippen LogP contribution in [-0.2, 0) is 0 Å². The highest BCUT2D eigenvalue weighted by molar-refractivity contribution is 6.00. The van der Waals surface area contributed by atoms with Crippen LogP contribution in [0.2, 0.25) is 0 Å². The zero-order valence-electron chi connectivity index (χ0n) is 9.29. The number of hydrogen-bond donors (Lipinski definition) is 0. The van der Waals surface area contributed by atoms with E-state index in [0.717, 1.165) is 19.0 Å². The largest absolute Gasteiger partial charge is 0.302 e. The topological polar surface area (TPSA) is 15.6 Å². The van der Waals surface area contributed by atoms with E-state index in [-0.39, 0.29) is 0 Å². The highest BCUT2D eigenvalue weighted by Gasteiger charge is 2.17. The monoisotopic (exact) mass is 192 g/mol. The molecule has 2 aliphatic heterocycles. The predicted octanol–water partition coefficient (Wildman–Crippen LogP) is 2.12. The van der Waals surface area contributed by atoms with Crippen LogP contribution in [0.15, 0.2) is 16.6 Å². The molecule has 0 aromatic heterocycles. The first kappa shape index (κ1) is 9.91. The van der Waals surface area contributed by atoms with Gasteiger partial charge in [-0.1, -0.05) is 13.0 Å². The van der Waals surface area contributed by atoms with E-state index in [0.29, 0.717) is 0 Å². The van der Waals surface area contributed by atoms with Crippen molar-refractivity contribution in [1.29, 1.82) is 0 Å². The van der Waals surface area contributed by atoms with Crippen LogP contribution in [0.4, 0.5) is 0 Å². The molecule has 0 spiro atoms. The Hall–Kier alpha value is -0.630. The quantitative estimate of drug-likeness (QED) is 0.621. The minimum atomic E-state index is 0.797. The second-order valence-electron chi connectivity index (χ2n) is 4.67. The molecule has 14 heavy (non-hydrogen) atoms. The van der Waals surface area contributed by atoms with Crippen LogP contribution < -0.4 is 0 Å². The van der Waals surface area contributed by atoms with Gasteiger partial charge in [0.15, 0.2) is 0 Å². The Kier molecular flexibility index (Phi) is 3.02. The second kappa shape index (κ2) is 4.26. The first-order valence-corrected chi connectivity index (χ1v) is 5.67. The van der Waals surface area contributed by atoms with Crippen molar-refractivity contribution in [1.82, 2.24) is 4.90 Å². The van der Waals surface area contributed by atoms with E-state index in [9.17, 15) is 0 Å². The molecule has 0 aliphatic carbocycles. The first-order valence-electron chi connectivity index (χ1n) is 5.67. The van der Waals surface area contributed by atoms with E-state index >= 15 is 0 Å². The third-order valence-electron chi connectivity index (χ3n) is 3.25. The Morgan fingerprint density at radius 2 is 2.29 bits per heavy atom. The molecule has 0 aromatic rings. The lowest BCUT2D eigenvalue weighted by molar-refractivity contribution is 0.362. The summed E-state index contributed by atoms with van der Waals surface area (Å²) < 4.78 is 0. The van der Waals surface area contributed by atoms with Crippen LogP contribution in [0, 0.1) is 5.92 Å². The van der Waals surface area contributed by atoms with Crippen molar-refractivity contribution in [2.75, 3.05) is 26.7 Å². The van der Waals surface area contributed by atoms with Gasteiger partial charge in [0.25, 0.3) is 0 Å². The van der Waals surface area contributed by atoms with Crippen molar-refractivity contribution in [3.05, 3.63) is 11.6 Å². The summed E-state index contributed by atoms with van der Waals surface area (Å²) in [4.78, 5) is 7.05. The van der Waals surface area contributed by atoms with Gasteiger partial charge in [-0.15, -0.1) is 0 Å². The van der Waals surface area contributed by atoms with Crippen LogP contribution in [0.25, 0.3) is 0 Å². The van der Waals surface area contributed by atoms with E-state index in [1.165, 1.54) is 37.1 Å². The van der Waals surface area contributed by atoms with Crippen molar-refractivity contribution in [2.45, 2.75) is 26.2 Å². The number of rotatable bonds is 1. The van der Waals surface area contributed by atoms with Gasteiger partial charge in [0.1, 0.15) is 0 Å². The Morgan fingerprint density at radius 1 is 1.43 bits per heavy atom. The molecular weight excluding hydrogens is 172 g/mol. The minimum Gasteiger partial charge on any atom is -0.302 e. The standard InChI is InChI=1S/C12H20N2/c1-10-3-4-12(13-9-10)11-5-7-14(2)8-6-11/h5,10H,3-4,6-9H2,1-2H3. The van der Waals surface area contributed by atoms with Crippen LogP contribution >= 0.6 is 0 Å². The van der Waals surface area contributed by atoms with Gasteiger partial charge in [0, 0.05) is 25.3 Å². The number of likely N-dealkylation sites (N-methyl/N-ethyl adjacent to an activating group) is 1. The zero-order valence-corrected chi connectivity index (χ0v) is 9.29. The summed E-state index contributed by atoms with van der Waals surface area (Å²) in [6.45, 7) is 5.64. The molecule has 2 heterocycles. The summed E-state index contributed by atoms with van der Waals surface area (Å²) in [5.74, 6) is 0.797. The van der Waals surface area contributed by atoms with Gasteiger partial charge in [-0.2, -0.15) is 0 Å². The number of aliphatic imine (C=N–C) groups is 1. The molecule has 2 nitrogen and oxygen atoms in total. The van der Waals surface area contributed by atoms with Gasteiger partial charge in [0.2, 0.25) is 0 Å². The lowest BCUT2D eigenvalue weighted by Crippen LogP contribution is -2.27. The first-order chi connectivity index (χ1) is 6.75. The summed E-state index contributed by atoms with van der Waals surface area (Å²) in [5, 5.41) is 0. The summed E-state index contributed by atoms with van der Waals surface area (Å²) in [6, 6.07) is 0. The van der Waals surface area contributed by atoms with Crippen LogP contribution in [0.3, 0.4) is 0 Å². The molecule has 0 saturated carbocycles. The van der Waals surface area contributed by atoms with Crippen molar-refractivity contribution in [2.24, 2.45) is 10.9 Å². The van der Waals surface area contributed by atoms with Crippen molar-refractivity contribution >= 4 is 5.71 Å². The SMILES string of the molecule is CC1CCC(C2=CCN(C)CC2)=NC1. The van der Waals surface area contributed by atoms with E-state index < -0.39 is 0 Å². The molecule has 0 fully saturated rings. The van der Waals surface area contributed by atoms with E-state index in [1.807, 2.05) is 0 Å². The minimum absolute atomic E-state index is 0.797. The molecule has 2 aliphatic rings. The molecule has 0 bridgehead atoms. The number of nitrogens with zero attached hydrogens (tertiary/aromatic N) is 2. The maximum atomic E-state index is 4.69. The smallest absolute Gasteiger partial charge is 0.0418 e. The second-order valence-corrected chi connectivity index (χ2v) is 4.67. The van der Waals surface area contributed by atoms with E-state index in [4.69, 9.17) is 0 Å². The molecule has 0 radical (unpaired) electrons. The zero-order chi connectivity index (χ0) is 9.97. The predicted molar refractivity (Wildman–Crippen MR) is 60.9 cm³/mol. The molecular formula is C12H20N2. The summed E-state index contributed by atoms with van der Waals surface area (Å²) in [6.07, 6.45) is 6.09. The highest BCUT2D eigenvalue weighted by atomic mass is 15.1. The van der Waals surface area contributed by atoms with Crippen LogP contribution in [-0.4, -0.2) is 37.3 Å². The molecule has 0 amide bonds. The average molecular weight is 192 g/mol. The third-order valence-corrected chi connectivity index (χ3v) is 3.25. The molecule has 1 unspecified atom stereocenters. The molecule has 2 rings (SSSR count). The molecule has 0 saturated heterocycles. The van der Waals surface area contributed by atoms with E-state index in [1.54, 1.807) is 0 Å². The van der Waals surface area contributed by atoms with E-state index in [2.05, 4.69) is 29.9 Å². The van der Waals surface area contributed by atoms with Crippen molar-refractivity contribution in [3.63, 3.8) is 0 Å². The summed E-state index contributed by atoms with van der Waals surface area (Å²) in [5.41, 5.74) is 2.92. The molecule has 1 atom stereocenters. The third kappa shape index (κ3) is 2.24. The lowest BCUT2D eigenvalue weighted by atomic mass is 9.93. The van der Waals surface area contributed by atoms with Crippen LogP contribution in [0.1, 0.15) is 26.2 Å². The fourth-order valence-corrected chi connectivity index (χ4v) is 2.11. The Labute approximate surface area is 86.7 Å². The van der Waals surface area contributed by atoms with Gasteiger partial charge in [-0.3, -0.25) is 4.99 Å². The van der Waals surface area contributed by atoms with Crippen LogP contribution in [0.5, 0.6) is 0 Å². The Bertz CT molecular complexity index is 237. The van der Waals surface area contributed by atoms with Gasteiger partial charge in [-0.25, -0.2) is 0 Å². The van der Waals surface area contributed by atoms with Gasteiger partial charge in [-0.05, 0) is 37.8 Å². The van der Waals surface area contributed by atoms with Gasteiger partial charge in [0.05, 0.1) is 0 Å². The normalized spacial score (nSPS) is 29.7. The maximum absolute atomic E-state index is 4.69. The Balaban J connectivity index is 2.02. The number of hydrogen-bond acceptors (Lipinski definition) is 2. The van der Waals surface area contributed by atoms with Gasteiger partial charge < -0.3 is 4.90 Å². The molecule has 0 aromatic carbocycles. The average Bonchev–Trinajstić information content (AvgIpc) is 2.21. The molecule has 78 valence electrons. The Morgan fingerprint density at radius 3 is 2.86 bits per heavy atom. The molecule has 2 heteroatoms. The summed E-state index contributed by atoms with van der Waals surface area (Å²) in [7, 11) is 2.18. The lowest BCUT2D eigenvalue weighted by Gasteiger charge is -2.25.